The van der Waals surface area contributed by atoms with Gasteiger partial charge in [-0.05, 0) is 29.8 Å². The first-order valence-electron chi connectivity index (χ1n) is 6.48. The number of carbonyl (C=O) groups excluding carboxylic acids is 1. The summed E-state index contributed by atoms with van der Waals surface area (Å²) in [6.07, 6.45) is 1.45. The highest BCUT2D eigenvalue weighted by atomic mass is 16.5. The molecule has 2 aromatic carbocycles. The molecule has 0 spiro atoms. The summed E-state index contributed by atoms with van der Waals surface area (Å²) in [5.74, 6) is -0.940. The molecule has 0 bridgehead atoms. The summed E-state index contributed by atoms with van der Waals surface area (Å²) in [4.78, 5) is 22.2. The van der Waals surface area contributed by atoms with Crippen LogP contribution >= 0.6 is 0 Å². The lowest BCUT2D eigenvalue weighted by Crippen LogP contribution is -2.17. The van der Waals surface area contributed by atoms with E-state index in [-0.39, 0.29) is 5.91 Å². The zero-order chi connectivity index (χ0) is 15.8. The smallest absolute Gasteiger partial charge is 0.341 e. The van der Waals surface area contributed by atoms with Crippen molar-refractivity contribution < 1.29 is 19.4 Å². The molecule has 22 heavy (non-hydrogen) atoms. The maximum absolute atomic E-state index is 11.8. The number of nitrogens with one attached hydrogen (secondary N) is 1. The number of amides is 1. The van der Waals surface area contributed by atoms with Crippen molar-refractivity contribution in [3.8, 4) is 5.75 Å². The molecular formula is C16H14N2O4. The molecule has 0 heterocycles. The largest absolute Gasteiger partial charge is 0.482 e. The van der Waals surface area contributed by atoms with Gasteiger partial charge in [0, 0.05) is 5.56 Å². The number of carboxylic acids is 1. The number of rotatable bonds is 6. The molecule has 0 aromatic heterocycles. The van der Waals surface area contributed by atoms with E-state index in [9.17, 15) is 9.59 Å². The predicted octanol–water partition coefficient (Wildman–Crippen LogP) is 1.91. The summed E-state index contributed by atoms with van der Waals surface area (Å²) in [6, 6.07) is 15.5. The summed E-state index contributed by atoms with van der Waals surface area (Å²) in [5.41, 5.74) is 3.60. The van der Waals surface area contributed by atoms with Crippen molar-refractivity contribution in [2.24, 2.45) is 5.10 Å². The third kappa shape index (κ3) is 4.75. The van der Waals surface area contributed by atoms with Crippen LogP contribution in [0.1, 0.15) is 15.9 Å². The zero-order valence-corrected chi connectivity index (χ0v) is 11.6. The first-order valence-corrected chi connectivity index (χ1v) is 6.48. The second-order valence-electron chi connectivity index (χ2n) is 4.32. The predicted molar refractivity (Wildman–Crippen MR) is 81.1 cm³/mol. The Morgan fingerprint density at radius 3 is 2.64 bits per heavy atom. The SMILES string of the molecule is O=C(O)COc1cccc(/C=N\NC(=O)c2ccccc2)c1. The molecule has 0 aliphatic heterocycles. The number of hydrogen-bond acceptors (Lipinski definition) is 4. The van der Waals surface area contributed by atoms with Gasteiger partial charge in [0.25, 0.3) is 5.91 Å². The molecule has 6 nitrogen and oxygen atoms in total. The number of benzene rings is 2. The fourth-order valence-corrected chi connectivity index (χ4v) is 1.65. The molecule has 112 valence electrons. The van der Waals surface area contributed by atoms with E-state index in [2.05, 4.69) is 10.5 Å². The summed E-state index contributed by atoms with van der Waals surface area (Å²) < 4.78 is 5.06. The average Bonchev–Trinajstić information content (AvgIpc) is 2.54. The Morgan fingerprint density at radius 2 is 1.91 bits per heavy atom. The van der Waals surface area contributed by atoms with Gasteiger partial charge in [0.15, 0.2) is 6.61 Å². The first-order chi connectivity index (χ1) is 10.6. The van der Waals surface area contributed by atoms with Crippen molar-refractivity contribution in [2.45, 2.75) is 0 Å². The highest BCUT2D eigenvalue weighted by Gasteiger charge is 2.02. The Bertz CT molecular complexity index is 684. The van der Waals surface area contributed by atoms with Crippen LogP contribution in [-0.2, 0) is 4.79 Å². The molecule has 0 fully saturated rings. The van der Waals surface area contributed by atoms with E-state index in [1.54, 1.807) is 48.5 Å². The summed E-state index contributed by atoms with van der Waals surface area (Å²) >= 11 is 0. The van der Waals surface area contributed by atoms with Gasteiger partial charge in [-0.1, -0.05) is 30.3 Å². The zero-order valence-electron chi connectivity index (χ0n) is 11.6. The van der Waals surface area contributed by atoms with Crippen LogP contribution in [0.25, 0.3) is 0 Å². The third-order valence-electron chi connectivity index (χ3n) is 2.64. The molecule has 2 rings (SSSR count). The van der Waals surface area contributed by atoms with E-state index in [4.69, 9.17) is 9.84 Å². The number of nitrogens with zero attached hydrogens (tertiary/aromatic N) is 1. The summed E-state index contributed by atoms with van der Waals surface area (Å²) in [7, 11) is 0. The number of carboxylic acid groups (broad SMARTS) is 1. The Kier molecular flexibility index (Phi) is 5.25. The van der Waals surface area contributed by atoms with Crippen molar-refractivity contribution in [3.05, 3.63) is 65.7 Å². The monoisotopic (exact) mass is 298 g/mol. The standard InChI is InChI=1S/C16H14N2O4/c19-15(20)11-22-14-8-4-5-12(9-14)10-17-18-16(21)13-6-2-1-3-7-13/h1-10H,11H2,(H,18,21)(H,19,20)/b17-10-. The van der Waals surface area contributed by atoms with Crippen LogP contribution in [0.3, 0.4) is 0 Å². The highest BCUT2D eigenvalue weighted by Crippen LogP contribution is 2.11. The highest BCUT2D eigenvalue weighted by molar-refractivity contribution is 5.94. The van der Waals surface area contributed by atoms with E-state index in [1.165, 1.54) is 6.21 Å². The average molecular weight is 298 g/mol. The van der Waals surface area contributed by atoms with Crippen LogP contribution in [0.4, 0.5) is 0 Å². The fourth-order valence-electron chi connectivity index (χ4n) is 1.65. The topological polar surface area (TPSA) is 88.0 Å². The van der Waals surface area contributed by atoms with Gasteiger partial charge in [-0.15, -0.1) is 0 Å². The minimum absolute atomic E-state index is 0.310. The van der Waals surface area contributed by atoms with Gasteiger partial charge in [-0.3, -0.25) is 4.79 Å². The third-order valence-corrected chi connectivity index (χ3v) is 2.64. The lowest BCUT2D eigenvalue weighted by molar-refractivity contribution is -0.139. The minimum atomic E-state index is -1.05. The van der Waals surface area contributed by atoms with E-state index in [0.717, 1.165) is 0 Å². The quantitative estimate of drug-likeness (QED) is 0.630. The molecule has 0 unspecified atom stereocenters. The second-order valence-corrected chi connectivity index (χ2v) is 4.32. The normalized spacial score (nSPS) is 10.4. The van der Waals surface area contributed by atoms with Crippen LogP contribution in [-0.4, -0.2) is 29.8 Å². The van der Waals surface area contributed by atoms with Crippen LogP contribution in [0, 0.1) is 0 Å². The fraction of sp³-hybridized carbons (Fsp3) is 0.0625. The number of carbonyl (C=O) groups is 2. The van der Waals surface area contributed by atoms with Gasteiger partial charge >= 0.3 is 5.97 Å². The maximum Gasteiger partial charge on any atom is 0.341 e. The van der Waals surface area contributed by atoms with Gasteiger partial charge in [-0.25, -0.2) is 10.2 Å². The van der Waals surface area contributed by atoms with Gasteiger partial charge in [0.05, 0.1) is 6.21 Å². The molecule has 0 aliphatic carbocycles. The number of aliphatic carboxylic acids is 1. The van der Waals surface area contributed by atoms with E-state index >= 15 is 0 Å². The molecule has 2 aromatic rings. The Hall–Kier alpha value is -3.15. The lowest BCUT2D eigenvalue weighted by atomic mass is 10.2. The first kappa shape index (κ1) is 15.2. The molecule has 1 amide bonds. The van der Waals surface area contributed by atoms with E-state index in [0.29, 0.717) is 16.9 Å². The number of hydrazone groups is 1. The van der Waals surface area contributed by atoms with Crippen LogP contribution in [0.5, 0.6) is 5.75 Å². The van der Waals surface area contributed by atoms with Gasteiger partial charge in [0.1, 0.15) is 5.75 Å². The van der Waals surface area contributed by atoms with Gasteiger partial charge in [-0.2, -0.15) is 5.10 Å². The molecule has 0 saturated carbocycles. The molecule has 0 saturated heterocycles. The second kappa shape index (κ2) is 7.58. The van der Waals surface area contributed by atoms with Crippen molar-refractivity contribution in [1.29, 1.82) is 0 Å². The Balaban J connectivity index is 1.94. The molecule has 0 atom stereocenters. The van der Waals surface area contributed by atoms with Gasteiger partial charge in [0.2, 0.25) is 0 Å². The van der Waals surface area contributed by atoms with Crippen molar-refractivity contribution in [2.75, 3.05) is 6.61 Å². The Labute approximate surface area is 127 Å². The van der Waals surface area contributed by atoms with Crippen molar-refractivity contribution in [1.82, 2.24) is 5.43 Å². The maximum atomic E-state index is 11.8. The van der Waals surface area contributed by atoms with E-state index in [1.807, 2.05) is 6.07 Å². The minimum Gasteiger partial charge on any atom is -0.482 e. The van der Waals surface area contributed by atoms with Crippen molar-refractivity contribution >= 4 is 18.1 Å². The molecule has 6 heteroatoms. The van der Waals surface area contributed by atoms with Crippen molar-refractivity contribution in [3.63, 3.8) is 0 Å². The Morgan fingerprint density at radius 1 is 1.14 bits per heavy atom. The van der Waals surface area contributed by atoms with E-state index < -0.39 is 12.6 Å². The van der Waals surface area contributed by atoms with Crippen LogP contribution in [0.15, 0.2) is 59.7 Å². The van der Waals surface area contributed by atoms with Gasteiger partial charge < -0.3 is 9.84 Å². The summed E-state index contributed by atoms with van der Waals surface area (Å²) in [5, 5.41) is 12.4. The van der Waals surface area contributed by atoms with Crippen LogP contribution < -0.4 is 10.2 Å². The molecule has 0 radical (unpaired) electrons. The summed E-state index contributed by atoms with van der Waals surface area (Å²) in [6.45, 7) is -0.411. The molecular weight excluding hydrogens is 284 g/mol. The number of ether oxygens (including phenoxy) is 1. The lowest BCUT2D eigenvalue weighted by Gasteiger charge is -2.03. The van der Waals surface area contributed by atoms with Crippen LogP contribution in [0.2, 0.25) is 0 Å². The number of hydrogen-bond donors (Lipinski definition) is 2. The molecule has 2 N–H and O–H groups in total. The molecule has 0 aliphatic rings.